The molecular weight excluding hydrogens is 265 g/mol. The minimum atomic E-state index is -4.35. The number of hydrogen-bond donors (Lipinski definition) is 0. The largest absolute Gasteiger partial charge is 0.456 e. The highest BCUT2D eigenvalue weighted by atomic mass is 35.5. The van der Waals surface area contributed by atoms with E-state index in [2.05, 4.69) is 6.07 Å². The van der Waals surface area contributed by atoms with E-state index in [9.17, 15) is 13.2 Å². The number of benzene rings is 2. The number of hydrogen-bond acceptors (Lipinski definition) is 1. The van der Waals surface area contributed by atoms with Crippen molar-refractivity contribution in [2.45, 2.75) is 6.18 Å². The molecule has 0 spiro atoms. The van der Waals surface area contributed by atoms with Crippen LogP contribution >= 0.6 is 11.6 Å². The Labute approximate surface area is 107 Å². The Kier molecular flexibility index (Phi) is 3.48. The van der Waals surface area contributed by atoms with Gasteiger partial charge in [-0.25, -0.2) is 0 Å². The Bertz CT molecular complexity index is 535. The van der Waals surface area contributed by atoms with Gasteiger partial charge in [-0.2, -0.15) is 13.2 Å². The quantitative estimate of drug-likeness (QED) is 0.751. The van der Waals surface area contributed by atoms with Gasteiger partial charge in [-0.05, 0) is 42.5 Å². The molecule has 0 saturated heterocycles. The van der Waals surface area contributed by atoms with E-state index in [0.29, 0.717) is 10.8 Å². The average Bonchev–Trinajstić information content (AvgIpc) is 2.32. The molecule has 0 unspecified atom stereocenters. The van der Waals surface area contributed by atoms with Crippen molar-refractivity contribution in [3.63, 3.8) is 0 Å². The molecule has 2 aromatic carbocycles. The number of ether oxygens (including phenoxy) is 1. The SMILES string of the molecule is FC(F)(F)c1ccc(Oc2cc[c]cc2Cl)cc1. The van der Waals surface area contributed by atoms with E-state index in [-0.39, 0.29) is 5.75 Å². The zero-order valence-corrected chi connectivity index (χ0v) is 9.72. The highest BCUT2D eigenvalue weighted by molar-refractivity contribution is 6.32. The van der Waals surface area contributed by atoms with Gasteiger partial charge in [0.2, 0.25) is 0 Å². The predicted octanol–water partition coefficient (Wildman–Crippen LogP) is 4.95. The van der Waals surface area contributed by atoms with Crippen molar-refractivity contribution >= 4 is 11.6 Å². The van der Waals surface area contributed by atoms with E-state index >= 15 is 0 Å². The lowest BCUT2D eigenvalue weighted by molar-refractivity contribution is -0.137. The molecule has 0 aliphatic carbocycles. The van der Waals surface area contributed by atoms with E-state index in [4.69, 9.17) is 16.3 Å². The molecule has 0 fully saturated rings. The fourth-order valence-electron chi connectivity index (χ4n) is 1.32. The normalized spacial score (nSPS) is 11.3. The van der Waals surface area contributed by atoms with E-state index in [1.807, 2.05) is 0 Å². The first kappa shape index (κ1) is 12.8. The summed E-state index contributed by atoms with van der Waals surface area (Å²) in [5.41, 5.74) is -0.720. The number of alkyl halides is 3. The summed E-state index contributed by atoms with van der Waals surface area (Å²) in [6.07, 6.45) is -4.35. The summed E-state index contributed by atoms with van der Waals surface area (Å²) in [4.78, 5) is 0. The topological polar surface area (TPSA) is 9.23 Å². The summed E-state index contributed by atoms with van der Waals surface area (Å²) in [5, 5.41) is 0.345. The zero-order valence-electron chi connectivity index (χ0n) is 8.96. The first-order valence-electron chi connectivity index (χ1n) is 4.97. The van der Waals surface area contributed by atoms with Gasteiger partial charge < -0.3 is 4.74 Å². The molecule has 0 saturated carbocycles. The van der Waals surface area contributed by atoms with Crippen LogP contribution in [0.15, 0.2) is 42.5 Å². The van der Waals surface area contributed by atoms with E-state index in [1.54, 1.807) is 12.1 Å². The molecule has 2 aromatic rings. The van der Waals surface area contributed by atoms with Crippen LogP contribution in [0.4, 0.5) is 13.2 Å². The highest BCUT2D eigenvalue weighted by Gasteiger charge is 2.30. The second kappa shape index (κ2) is 4.90. The van der Waals surface area contributed by atoms with E-state index < -0.39 is 11.7 Å². The van der Waals surface area contributed by atoms with Crippen molar-refractivity contribution in [1.29, 1.82) is 0 Å². The standard InChI is InChI=1S/C13H7ClF3O/c14-11-3-1-2-4-12(11)18-10-7-5-9(6-8-10)13(15,16)17/h2-8H. The van der Waals surface area contributed by atoms with Gasteiger partial charge in [0.05, 0.1) is 10.6 Å². The Balaban J connectivity index is 2.19. The van der Waals surface area contributed by atoms with Crippen LogP contribution in [-0.2, 0) is 6.18 Å². The molecule has 18 heavy (non-hydrogen) atoms. The fourth-order valence-corrected chi connectivity index (χ4v) is 1.48. The summed E-state index contributed by atoms with van der Waals surface area (Å²) in [6, 6.07) is 11.9. The summed E-state index contributed by atoms with van der Waals surface area (Å²) in [7, 11) is 0. The zero-order chi connectivity index (χ0) is 13.2. The predicted molar refractivity (Wildman–Crippen MR) is 61.8 cm³/mol. The summed E-state index contributed by atoms with van der Waals surface area (Å²) < 4.78 is 42.4. The molecule has 0 amide bonds. The molecule has 0 heterocycles. The second-order valence-electron chi connectivity index (χ2n) is 3.48. The van der Waals surface area contributed by atoms with Crippen molar-refractivity contribution in [2.24, 2.45) is 0 Å². The maximum Gasteiger partial charge on any atom is 0.416 e. The van der Waals surface area contributed by atoms with Crippen molar-refractivity contribution in [1.82, 2.24) is 0 Å². The molecule has 2 rings (SSSR count). The number of halogens is 4. The van der Waals surface area contributed by atoms with Gasteiger partial charge >= 0.3 is 6.18 Å². The van der Waals surface area contributed by atoms with Crippen LogP contribution < -0.4 is 4.74 Å². The smallest absolute Gasteiger partial charge is 0.416 e. The first-order chi connectivity index (χ1) is 8.47. The monoisotopic (exact) mass is 271 g/mol. The minimum absolute atomic E-state index is 0.288. The molecule has 0 atom stereocenters. The Hall–Kier alpha value is -1.68. The molecule has 0 bridgehead atoms. The molecule has 0 aliphatic heterocycles. The van der Waals surface area contributed by atoms with Gasteiger partial charge in [0.15, 0.2) is 0 Å². The lowest BCUT2D eigenvalue weighted by Crippen LogP contribution is -2.03. The third-order valence-corrected chi connectivity index (χ3v) is 2.48. The third kappa shape index (κ3) is 2.96. The minimum Gasteiger partial charge on any atom is -0.456 e. The lowest BCUT2D eigenvalue weighted by atomic mass is 10.2. The molecule has 0 aromatic heterocycles. The molecule has 1 nitrogen and oxygen atoms in total. The summed E-state index contributed by atoms with van der Waals surface area (Å²) >= 11 is 5.84. The Morgan fingerprint density at radius 1 is 1.06 bits per heavy atom. The third-order valence-electron chi connectivity index (χ3n) is 2.19. The highest BCUT2D eigenvalue weighted by Crippen LogP contribution is 2.32. The molecule has 0 N–H and O–H groups in total. The van der Waals surface area contributed by atoms with E-state index in [0.717, 1.165) is 12.1 Å². The van der Waals surface area contributed by atoms with Crippen LogP contribution in [0, 0.1) is 6.07 Å². The lowest BCUT2D eigenvalue weighted by Gasteiger charge is -2.09. The second-order valence-corrected chi connectivity index (χ2v) is 3.89. The van der Waals surface area contributed by atoms with Crippen LogP contribution in [0.3, 0.4) is 0 Å². The molecule has 1 radical (unpaired) electrons. The summed E-state index contributed by atoms with van der Waals surface area (Å²) in [5.74, 6) is 0.659. The van der Waals surface area contributed by atoms with Gasteiger partial charge in [-0.15, -0.1) is 0 Å². The van der Waals surface area contributed by atoms with Crippen molar-refractivity contribution < 1.29 is 17.9 Å². The fraction of sp³-hybridized carbons (Fsp3) is 0.0769. The maximum absolute atomic E-state index is 12.3. The maximum atomic E-state index is 12.3. The first-order valence-corrected chi connectivity index (χ1v) is 5.35. The van der Waals surface area contributed by atoms with Gasteiger partial charge in [-0.3, -0.25) is 0 Å². The van der Waals surface area contributed by atoms with Crippen LogP contribution in [-0.4, -0.2) is 0 Å². The van der Waals surface area contributed by atoms with Gasteiger partial charge in [0.1, 0.15) is 11.5 Å². The van der Waals surface area contributed by atoms with Gasteiger partial charge in [0, 0.05) is 0 Å². The van der Waals surface area contributed by atoms with Crippen LogP contribution in [0.2, 0.25) is 5.02 Å². The number of rotatable bonds is 2. The van der Waals surface area contributed by atoms with Crippen molar-refractivity contribution in [3.8, 4) is 11.5 Å². The van der Waals surface area contributed by atoms with Gasteiger partial charge in [-0.1, -0.05) is 17.7 Å². The summed E-state index contributed by atoms with van der Waals surface area (Å²) in [6.45, 7) is 0. The Morgan fingerprint density at radius 3 is 2.28 bits per heavy atom. The molecule has 0 aliphatic rings. The van der Waals surface area contributed by atoms with Crippen LogP contribution in [0.5, 0.6) is 11.5 Å². The van der Waals surface area contributed by atoms with Crippen molar-refractivity contribution in [3.05, 3.63) is 59.1 Å². The molecular formula is C13H7ClF3O. The average molecular weight is 272 g/mol. The van der Waals surface area contributed by atoms with E-state index in [1.165, 1.54) is 18.2 Å². The van der Waals surface area contributed by atoms with Crippen molar-refractivity contribution in [2.75, 3.05) is 0 Å². The molecule has 93 valence electrons. The van der Waals surface area contributed by atoms with Crippen LogP contribution in [0.25, 0.3) is 0 Å². The van der Waals surface area contributed by atoms with Crippen LogP contribution in [0.1, 0.15) is 5.56 Å². The van der Waals surface area contributed by atoms with Gasteiger partial charge in [0.25, 0.3) is 0 Å². The molecule has 5 heteroatoms. The Morgan fingerprint density at radius 2 is 1.72 bits per heavy atom.